The number of urea groups is 1. The maximum atomic E-state index is 11.6. The van der Waals surface area contributed by atoms with Crippen molar-refractivity contribution in [3.05, 3.63) is 24.4 Å². The van der Waals surface area contributed by atoms with Gasteiger partial charge in [0, 0.05) is 39.0 Å². The molecule has 1 aromatic heterocycles. The molecule has 1 fully saturated rings. The number of amides is 2. The third kappa shape index (κ3) is 4.10. The van der Waals surface area contributed by atoms with E-state index in [-0.39, 0.29) is 12.1 Å². The van der Waals surface area contributed by atoms with Gasteiger partial charge in [-0.2, -0.15) is 0 Å². The van der Waals surface area contributed by atoms with Gasteiger partial charge in [-0.05, 0) is 18.6 Å². The first-order valence-corrected chi connectivity index (χ1v) is 6.49. The Morgan fingerprint density at radius 2 is 2.47 bits per heavy atom. The van der Waals surface area contributed by atoms with Crippen LogP contribution in [-0.2, 0) is 4.74 Å². The number of hydrogen-bond donors (Lipinski definition) is 2. The van der Waals surface area contributed by atoms with Gasteiger partial charge in [0.25, 0.3) is 0 Å². The van der Waals surface area contributed by atoms with Gasteiger partial charge >= 0.3 is 6.03 Å². The van der Waals surface area contributed by atoms with E-state index < -0.39 is 0 Å². The zero-order chi connectivity index (χ0) is 13.5. The van der Waals surface area contributed by atoms with E-state index in [1.807, 2.05) is 18.2 Å². The second-order valence-electron chi connectivity index (χ2n) is 4.51. The molecular weight excluding hydrogens is 244 g/mol. The van der Waals surface area contributed by atoms with Crippen LogP contribution in [0.3, 0.4) is 0 Å². The fourth-order valence-electron chi connectivity index (χ4n) is 2.13. The zero-order valence-electron chi connectivity index (χ0n) is 11.1. The van der Waals surface area contributed by atoms with Gasteiger partial charge in [0.15, 0.2) is 0 Å². The molecular formula is C13H20N4O2. The van der Waals surface area contributed by atoms with E-state index in [4.69, 9.17) is 4.74 Å². The molecule has 104 valence electrons. The Bertz CT molecular complexity index is 399. The fourth-order valence-corrected chi connectivity index (χ4v) is 2.13. The lowest BCUT2D eigenvalue weighted by Gasteiger charge is -2.17. The molecule has 19 heavy (non-hydrogen) atoms. The predicted molar refractivity (Wildman–Crippen MR) is 73.3 cm³/mol. The fraction of sp³-hybridized carbons (Fsp3) is 0.538. The largest absolute Gasteiger partial charge is 0.383 e. The second kappa shape index (κ2) is 6.94. The summed E-state index contributed by atoms with van der Waals surface area (Å²) >= 11 is 0. The van der Waals surface area contributed by atoms with E-state index in [0.29, 0.717) is 13.2 Å². The van der Waals surface area contributed by atoms with Crippen LogP contribution in [0.2, 0.25) is 0 Å². The summed E-state index contributed by atoms with van der Waals surface area (Å²) in [5.41, 5.74) is 0. The minimum absolute atomic E-state index is 0.134. The summed E-state index contributed by atoms with van der Waals surface area (Å²) in [6, 6.07) is 5.90. The molecule has 1 aromatic rings. The van der Waals surface area contributed by atoms with Crippen molar-refractivity contribution in [1.29, 1.82) is 0 Å². The number of pyridine rings is 1. The van der Waals surface area contributed by atoms with E-state index in [9.17, 15) is 4.79 Å². The molecule has 1 saturated heterocycles. The Hall–Kier alpha value is -1.82. The number of rotatable bonds is 5. The van der Waals surface area contributed by atoms with E-state index in [2.05, 4.69) is 20.5 Å². The van der Waals surface area contributed by atoms with Gasteiger partial charge in [0.05, 0.1) is 6.61 Å². The van der Waals surface area contributed by atoms with Crippen molar-refractivity contribution in [2.24, 2.45) is 0 Å². The quantitative estimate of drug-likeness (QED) is 0.765. The van der Waals surface area contributed by atoms with Crippen LogP contribution in [0.25, 0.3) is 0 Å². The molecule has 0 radical (unpaired) electrons. The van der Waals surface area contributed by atoms with Crippen molar-refractivity contribution >= 4 is 11.8 Å². The van der Waals surface area contributed by atoms with Crippen LogP contribution in [0.4, 0.5) is 10.6 Å². The Balaban J connectivity index is 1.74. The molecule has 2 heterocycles. The molecule has 0 bridgehead atoms. The molecule has 0 saturated carbocycles. The van der Waals surface area contributed by atoms with Crippen LogP contribution >= 0.6 is 0 Å². The first-order chi connectivity index (χ1) is 9.29. The molecule has 1 aliphatic rings. The average molecular weight is 264 g/mol. The monoisotopic (exact) mass is 264 g/mol. The number of anilines is 1. The van der Waals surface area contributed by atoms with Gasteiger partial charge in [-0.3, -0.25) is 0 Å². The number of carbonyl (C=O) groups is 1. The van der Waals surface area contributed by atoms with Gasteiger partial charge in [0.1, 0.15) is 5.82 Å². The van der Waals surface area contributed by atoms with Crippen LogP contribution in [0.5, 0.6) is 0 Å². The van der Waals surface area contributed by atoms with E-state index in [1.165, 1.54) is 0 Å². The van der Waals surface area contributed by atoms with E-state index in [1.54, 1.807) is 13.3 Å². The number of hydrogen-bond acceptors (Lipinski definition) is 4. The number of ether oxygens (including phenoxy) is 1. The molecule has 2 rings (SSSR count). The minimum atomic E-state index is -0.134. The van der Waals surface area contributed by atoms with Crippen molar-refractivity contribution in [2.75, 3.05) is 38.3 Å². The smallest absolute Gasteiger partial charge is 0.315 e. The Labute approximate surface area is 113 Å². The third-order valence-corrected chi connectivity index (χ3v) is 3.09. The maximum Gasteiger partial charge on any atom is 0.315 e. The molecule has 0 aliphatic carbocycles. The Morgan fingerprint density at radius 1 is 1.58 bits per heavy atom. The van der Waals surface area contributed by atoms with E-state index in [0.717, 1.165) is 25.3 Å². The summed E-state index contributed by atoms with van der Waals surface area (Å²) < 4.78 is 4.88. The summed E-state index contributed by atoms with van der Waals surface area (Å²) in [4.78, 5) is 18.1. The highest BCUT2D eigenvalue weighted by Crippen LogP contribution is 2.16. The lowest BCUT2D eigenvalue weighted by molar-refractivity contribution is 0.195. The van der Waals surface area contributed by atoms with Crippen LogP contribution in [-0.4, -0.2) is 50.4 Å². The highest BCUT2D eigenvalue weighted by atomic mass is 16.5. The van der Waals surface area contributed by atoms with Gasteiger partial charge in [-0.25, -0.2) is 9.78 Å². The highest BCUT2D eigenvalue weighted by molar-refractivity contribution is 5.74. The highest BCUT2D eigenvalue weighted by Gasteiger charge is 2.24. The van der Waals surface area contributed by atoms with Crippen LogP contribution in [0.15, 0.2) is 24.4 Å². The normalized spacial score (nSPS) is 18.4. The minimum Gasteiger partial charge on any atom is -0.383 e. The summed E-state index contributed by atoms with van der Waals surface area (Å²) in [7, 11) is 1.61. The molecule has 0 spiro atoms. The van der Waals surface area contributed by atoms with Crippen molar-refractivity contribution in [1.82, 2.24) is 15.6 Å². The maximum absolute atomic E-state index is 11.6. The van der Waals surface area contributed by atoms with Crippen LogP contribution in [0.1, 0.15) is 6.42 Å². The summed E-state index contributed by atoms with van der Waals surface area (Å²) in [5, 5.41) is 5.72. The van der Waals surface area contributed by atoms with Gasteiger partial charge in [0.2, 0.25) is 0 Å². The number of carbonyl (C=O) groups excluding carboxylic acids is 1. The third-order valence-electron chi connectivity index (χ3n) is 3.09. The zero-order valence-corrected chi connectivity index (χ0v) is 11.1. The Morgan fingerprint density at radius 3 is 3.21 bits per heavy atom. The molecule has 6 heteroatoms. The van der Waals surface area contributed by atoms with Crippen molar-refractivity contribution in [3.8, 4) is 0 Å². The summed E-state index contributed by atoms with van der Waals surface area (Å²) in [6.07, 6.45) is 2.72. The first-order valence-electron chi connectivity index (χ1n) is 6.49. The standard InChI is InChI=1S/C13H20N4O2/c1-19-9-7-15-13(18)16-11-5-8-17(10-11)12-4-2-3-6-14-12/h2-4,6,11H,5,7-10H2,1H3,(H2,15,16,18)/t11-/m0/s1. The van der Waals surface area contributed by atoms with Gasteiger partial charge in [-0.15, -0.1) is 0 Å². The molecule has 6 nitrogen and oxygen atoms in total. The SMILES string of the molecule is COCCNC(=O)N[C@H]1CCN(c2ccccn2)C1. The predicted octanol–water partition coefficient (Wildman–Crippen LogP) is 0.606. The average Bonchev–Trinajstić information content (AvgIpc) is 2.88. The summed E-state index contributed by atoms with van der Waals surface area (Å²) in [6.45, 7) is 2.77. The van der Waals surface area contributed by atoms with Crippen molar-refractivity contribution in [3.63, 3.8) is 0 Å². The molecule has 2 amide bonds. The van der Waals surface area contributed by atoms with Crippen molar-refractivity contribution < 1.29 is 9.53 Å². The van der Waals surface area contributed by atoms with Crippen LogP contribution in [0, 0.1) is 0 Å². The molecule has 1 atom stereocenters. The summed E-state index contributed by atoms with van der Waals surface area (Å²) in [5.74, 6) is 0.964. The van der Waals surface area contributed by atoms with E-state index >= 15 is 0 Å². The molecule has 0 aromatic carbocycles. The number of aromatic nitrogens is 1. The molecule has 2 N–H and O–H groups in total. The number of nitrogens with one attached hydrogen (secondary N) is 2. The Kier molecular flexibility index (Phi) is 4.97. The van der Waals surface area contributed by atoms with Gasteiger partial charge < -0.3 is 20.3 Å². The number of nitrogens with zero attached hydrogens (tertiary/aromatic N) is 2. The van der Waals surface area contributed by atoms with Crippen LogP contribution < -0.4 is 15.5 Å². The van der Waals surface area contributed by atoms with Crippen molar-refractivity contribution in [2.45, 2.75) is 12.5 Å². The molecule has 0 unspecified atom stereocenters. The lowest BCUT2D eigenvalue weighted by Crippen LogP contribution is -2.44. The molecule has 1 aliphatic heterocycles. The first kappa shape index (κ1) is 13.6. The lowest BCUT2D eigenvalue weighted by atomic mass is 10.3. The number of methoxy groups -OCH3 is 1. The van der Waals surface area contributed by atoms with Gasteiger partial charge in [-0.1, -0.05) is 6.07 Å². The topological polar surface area (TPSA) is 66.5 Å². The second-order valence-corrected chi connectivity index (χ2v) is 4.51.